The van der Waals surface area contributed by atoms with Gasteiger partial charge in [0, 0.05) is 12.1 Å². The lowest BCUT2D eigenvalue weighted by Gasteiger charge is -2.09. The van der Waals surface area contributed by atoms with E-state index in [0.717, 1.165) is 12.1 Å². The average molecular weight is 214 g/mol. The Morgan fingerprint density at radius 2 is 1.93 bits per heavy atom. The van der Waals surface area contributed by atoms with Gasteiger partial charge in [0.2, 0.25) is 0 Å². The molecule has 0 aliphatic carbocycles. The number of nitriles is 1. The number of halogens is 3. The number of nitrogen functional groups attached to an aromatic ring is 1. The molecule has 0 amide bonds. The molecule has 2 N–H and O–H groups in total. The van der Waals surface area contributed by atoms with Crippen molar-refractivity contribution >= 4 is 5.69 Å². The van der Waals surface area contributed by atoms with Gasteiger partial charge in [0.15, 0.2) is 0 Å². The third-order valence-corrected chi connectivity index (χ3v) is 1.87. The Balaban J connectivity index is 3.01. The van der Waals surface area contributed by atoms with Gasteiger partial charge in [0.1, 0.15) is 0 Å². The Morgan fingerprint density at radius 3 is 2.47 bits per heavy atom. The van der Waals surface area contributed by atoms with Gasteiger partial charge < -0.3 is 5.73 Å². The zero-order valence-electron chi connectivity index (χ0n) is 7.80. The number of anilines is 1. The first-order chi connectivity index (χ1) is 6.93. The van der Waals surface area contributed by atoms with Crippen LogP contribution in [0, 0.1) is 11.3 Å². The third kappa shape index (κ3) is 3.17. The summed E-state index contributed by atoms with van der Waals surface area (Å²) >= 11 is 0. The van der Waals surface area contributed by atoms with Gasteiger partial charge in [0.05, 0.1) is 11.6 Å². The summed E-state index contributed by atoms with van der Waals surface area (Å²) in [5.41, 5.74) is 5.08. The molecule has 0 heterocycles. The molecule has 0 aromatic heterocycles. The lowest BCUT2D eigenvalue weighted by molar-refractivity contribution is -0.137. The van der Waals surface area contributed by atoms with Crippen molar-refractivity contribution in [3.8, 4) is 6.07 Å². The average Bonchev–Trinajstić information content (AvgIpc) is 2.12. The van der Waals surface area contributed by atoms with Crippen LogP contribution in [0.4, 0.5) is 18.9 Å². The second kappa shape index (κ2) is 4.22. The van der Waals surface area contributed by atoms with E-state index in [1.165, 1.54) is 6.07 Å². The summed E-state index contributed by atoms with van der Waals surface area (Å²) < 4.78 is 37.0. The number of nitrogens with zero attached hydrogens (tertiary/aromatic N) is 1. The molecule has 0 saturated carbocycles. The fraction of sp³-hybridized carbons (Fsp3) is 0.300. The molecule has 0 atom stereocenters. The topological polar surface area (TPSA) is 49.8 Å². The summed E-state index contributed by atoms with van der Waals surface area (Å²) in [5, 5.41) is 8.32. The molecule has 0 radical (unpaired) electrons. The van der Waals surface area contributed by atoms with E-state index in [1.807, 2.05) is 6.07 Å². The van der Waals surface area contributed by atoms with Crippen molar-refractivity contribution in [3.63, 3.8) is 0 Å². The fourth-order valence-corrected chi connectivity index (χ4v) is 1.23. The lowest BCUT2D eigenvalue weighted by Crippen LogP contribution is -2.06. The summed E-state index contributed by atoms with van der Waals surface area (Å²) in [6, 6.07) is 5.23. The van der Waals surface area contributed by atoms with Crippen LogP contribution in [-0.2, 0) is 12.6 Å². The Hall–Kier alpha value is -1.70. The highest BCUT2D eigenvalue weighted by Gasteiger charge is 2.30. The van der Waals surface area contributed by atoms with Gasteiger partial charge in [-0.15, -0.1) is 0 Å². The van der Waals surface area contributed by atoms with Crippen LogP contribution in [0.1, 0.15) is 17.5 Å². The van der Waals surface area contributed by atoms with E-state index in [4.69, 9.17) is 11.0 Å². The molecule has 1 aromatic rings. The number of aryl methyl sites for hydroxylation is 1. The van der Waals surface area contributed by atoms with E-state index in [-0.39, 0.29) is 18.5 Å². The molecule has 0 fully saturated rings. The van der Waals surface area contributed by atoms with Crippen molar-refractivity contribution in [2.45, 2.75) is 19.0 Å². The zero-order chi connectivity index (χ0) is 11.5. The van der Waals surface area contributed by atoms with E-state index in [1.54, 1.807) is 0 Å². The number of alkyl halides is 3. The first-order valence-corrected chi connectivity index (χ1v) is 4.27. The largest absolute Gasteiger partial charge is 0.416 e. The molecule has 0 saturated heterocycles. The van der Waals surface area contributed by atoms with Crippen molar-refractivity contribution in [3.05, 3.63) is 29.3 Å². The highest BCUT2D eigenvalue weighted by molar-refractivity contribution is 5.45. The zero-order valence-corrected chi connectivity index (χ0v) is 7.80. The summed E-state index contributed by atoms with van der Waals surface area (Å²) in [7, 11) is 0. The quantitative estimate of drug-likeness (QED) is 0.769. The Labute approximate surface area is 85.1 Å². The minimum atomic E-state index is -4.39. The van der Waals surface area contributed by atoms with Crippen molar-refractivity contribution in [1.29, 1.82) is 5.26 Å². The van der Waals surface area contributed by atoms with E-state index >= 15 is 0 Å². The van der Waals surface area contributed by atoms with E-state index < -0.39 is 11.7 Å². The van der Waals surface area contributed by atoms with Gasteiger partial charge >= 0.3 is 6.18 Å². The molecule has 0 unspecified atom stereocenters. The van der Waals surface area contributed by atoms with Crippen molar-refractivity contribution in [1.82, 2.24) is 0 Å². The minimum absolute atomic E-state index is 0.0674. The molecule has 2 nitrogen and oxygen atoms in total. The Morgan fingerprint density at radius 1 is 1.27 bits per heavy atom. The molecule has 5 heteroatoms. The van der Waals surface area contributed by atoms with Gasteiger partial charge in [-0.1, -0.05) is 0 Å². The third-order valence-electron chi connectivity index (χ3n) is 1.87. The summed E-state index contributed by atoms with van der Waals surface area (Å²) in [4.78, 5) is 0. The molecule has 80 valence electrons. The van der Waals surface area contributed by atoms with Crippen molar-refractivity contribution in [2.75, 3.05) is 5.73 Å². The number of rotatable bonds is 2. The van der Waals surface area contributed by atoms with Gasteiger partial charge in [-0.05, 0) is 30.2 Å². The number of hydrogen-bond donors (Lipinski definition) is 1. The maximum atomic E-state index is 12.3. The fourth-order valence-electron chi connectivity index (χ4n) is 1.23. The van der Waals surface area contributed by atoms with E-state index in [0.29, 0.717) is 5.56 Å². The van der Waals surface area contributed by atoms with E-state index in [2.05, 4.69) is 0 Å². The standard InChI is InChI=1S/C10H9F3N2/c11-10(12,13)8-4-7(2-1-3-14)5-9(15)6-8/h4-6H,1-2,15H2. The van der Waals surface area contributed by atoms with Crippen LogP contribution in [0.5, 0.6) is 0 Å². The maximum Gasteiger partial charge on any atom is 0.416 e. The van der Waals surface area contributed by atoms with Crippen LogP contribution in [0.3, 0.4) is 0 Å². The molecule has 0 aliphatic heterocycles. The predicted octanol–water partition coefficient (Wildman–Crippen LogP) is 2.74. The summed E-state index contributed by atoms with van der Waals surface area (Å²) in [6.07, 6.45) is -3.93. The Kier molecular flexibility index (Phi) is 3.20. The predicted molar refractivity (Wildman–Crippen MR) is 49.8 cm³/mol. The number of hydrogen-bond acceptors (Lipinski definition) is 2. The number of nitrogens with two attached hydrogens (primary N) is 1. The van der Waals surface area contributed by atoms with Crippen LogP contribution in [-0.4, -0.2) is 0 Å². The van der Waals surface area contributed by atoms with E-state index in [9.17, 15) is 13.2 Å². The van der Waals surface area contributed by atoms with Crippen LogP contribution in [0.25, 0.3) is 0 Å². The second-order valence-electron chi connectivity index (χ2n) is 3.12. The molecular formula is C10H9F3N2. The molecule has 1 rings (SSSR count). The van der Waals surface area contributed by atoms with Crippen LogP contribution in [0.15, 0.2) is 18.2 Å². The van der Waals surface area contributed by atoms with Gasteiger partial charge in [-0.3, -0.25) is 0 Å². The smallest absolute Gasteiger partial charge is 0.399 e. The van der Waals surface area contributed by atoms with Gasteiger partial charge in [-0.2, -0.15) is 18.4 Å². The molecule has 15 heavy (non-hydrogen) atoms. The van der Waals surface area contributed by atoms with Crippen LogP contribution < -0.4 is 5.73 Å². The Bertz CT molecular complexity index is 391. The van der Waals surface area contributed by atoms with Crippen molar-refractivity contribution in [2.24, 2.45) is 0 Å². The maximum absolute atomic E-state index is 12.3. The van der Waals surface area contributed by atoms with Crippen molar-refractivity contribution < 1.29 is 13.2 Å². The monoisotopic (exact) mass is 214 g/mol. The lowest BCUT2D eigenvalue weighted by atomic mass is 10.1. The van der Waals surface area contributed by atoms with Crippen LogP contribution >= 0.6 is 0 Å². The van der Waals surface area contributed by atoms with Crippen LogP contribution in [0.2, 0.25) is 0 Å². The minimum Gasteiger partial charge on any atom is -0.399 e. The molecule has 0 bridgehead atoms. The molecular weight excluding hydrogens is 205 g/mol. The second-order valence-corrected chi connectivity index (χ2v) is 3.12. The first-order valence-electron chi connectivity index (χ1n) is 4.27. The highest BCUT2D eigenvalue weighted by Crippen LogP contribution is 2.31. The van der Waals surface area contributed by atoms with Gasteiger partial charge in [0.25, 0.3) is 0 Å². The van der Waals surface area contributed by atoms with Gasteiger partial charge in [-0.25, -0.2) is 0 Å². The number of benzene rings is 1. The molecule has 0 spiro atoms. The first kappa shape index (κ1) is 11.4. The highest BCUT2D eigenvalue weighted by atomic mass is 19.4. The normalized spacial score (nSPS) is 11.1. The summed E-state index contributed by atoms with van der Waals surface area (Å²) in [5.74, 6) is 0. The molecule has 1 aromatic carbocycles. The molecule has 0 aliphatic rings. The summed E-state index contributed by atoms with van der Waals surface area (Å²) in [6.45, 7) is 0. The SMILES string of the molecule is N#CCCc1cc(N)cc(C(F)(F)F)c1.